The quantitative estimate of drug-likeness (QED) is 0.0438. The molecule has 0 spiro atoms. The van der Waals surface area contributed by atoms with Crippen LogP contribution in [0.15, 0.2) is 94.7 Å². The number of ether oxygens (including phenoxy) is 5. The van der Waals surface area contributed by atoms with Gasteiger partial charge >= 0.3 is 59.1 Å². The van der Waals surface area contributed by atoms with Crippen molar-refractivity contribution in [1.29, 1.82) is 0 Å². The maximum absolute atomic E-state index is 15.1. The maximum Gasteiger partial charge on any atom is 1.00 e. The van der Waals surface area contributed by atoms with Crippen LogP contribution in [0.3, 0.4) is 0 Å². The number of hydrogen-bond acceptors (Lipinski definition) is 12. The zero-order valence-electron chi connectivity index (χ0n) is 33.6. The van der Waals surface area contributed by atoms with Crippen LogP contribution >= 0.6 is 0 Å². The summed E-state index contributed by atoms with van der Waals surface area (Å²) in [6.45, 7) is 0.0302. The van der Waals surface area contributed by atoms with Crippen molar-refractivity contribution < 1.29 is 153 Å². The van der Waals surface area contributed by atoms with Crippen molar-refractivity contribution in [1.82, 2.24) is 0 Å². The Bertz CT molecular complexity index is 3060. The summed E-state index contributed by atoms with van der Waals surface area (Å²) in [6, 6.07) is 15.5. The molecule has 0 unspecified atom stereocenters. The van der Waals surface area contributed by atoms with Crippen molar-refractivity contribution in [3.05, 3.63) is 160 Å². The molecule has 6 aromatic rings. The van der Waals surface area contributed by atoms with E-state index in [9.17, 15) is 52.7 Å². The number of benzene rings is 6. The van der Waals surface area contributed by atoms with E-state index in [0.29, 0.717) is 6.07 Å². The van der Waals surface area contributed by atoms with E-state index in [-0.39, 0.29) is 101 Å². The summed E-state index contributed by atoms with van der Waals surface area (Å²) in [5.41, 5.74) is -4.82. The van der Waals surface area contributed by atoms with E-state index < -0.39 is 128 Å². The van der Waals surface area contributed by atoms with Crippen LogP contribution in [-0.4, -0.2) is 52.0 Å². The van der Waals surface area contributed by atoms with Crippen molar-refractivity contribution >= 4 is 26.0 Å². The summed E-state index contributed by atoms with van der Waals surface area (Å²) in [4.78, 5) is 11.4. The Morgan fingerprint density at radius 1 is 0.530 bits per heavy atom. The first kappa shape index (κ1) is 52.5. The van der Waals surface area contributed by atoms with Crippen LogP contribution in [0.1, 0.15) is 27.0 Å². The topological polar surface area (TPSA) is 178 Å². The molecule has 0 N–H and O–H groups in total. The van der Waals surface area contributed by atoms with E-state index in [1.807, 2.05) is 0 Å². The fraction of sp³-hybridized carbons (Fsp3) is 0.0976. The van der Waals surface area contributed by atoms with Crippen molar-refractivity contribution in [3.63, 3.8) is 0 Å². The van der Waals surface area contributed by atoms with Gasteiger partial charge in [0.05, 0.1) is 41.2 Å². The standard InChI is InChI=1S/C41H23F9O12S2.2Na/c1-58-24-12-2-18(16-26(24)63(52,53)54)39(51)19-3-13-25(27(17-19)64(55,56)57)61-22-8-4-20(5-9-22)41(59-14-15-60-41)21-6-10-23(11-7-21)62-40-37(49)32(44)29(33(45)38(40)50)28-30(42)34(46)36(48)35(47)31(28)43;;/h2-13,16-17H,14-15H2,1H3,(H,52,53,54)(H,55,56,57);;/q;2*+1/p-2. The second kappa shape index (κ2) is 20.0. The summed E-state index contributed by atoms with van der Waals surface area (Å²) < 4.78 is 229. The Hall–Kier alpha value is -4.50. The summed E-state index contributed by atoms with van der Waals surface area (Å²) in [5.74, 6) is -29.3. The van der Waals surface area contributed by atoms with Crippen LogP contribution < -0.4 is 73.3 Å². The minimum absolute atomic E-state index is 0. The normalized spacial score (nSPS) is 13.4. The number of halogens is 9. The van der Waals surface area contributed by atoms with Gasteiger partial charge in [0.2, 0.25) is 29.0 Å². The first-order valence-corrected chi connectivity index (χ1v) is 20.4. The predicted octanol–water partition coefficient (Wildman–Crippen LogP) is 2.49. The first-order chi connectivity index (χ1) is 30.1. The van der Waals surface area contributed by atoms with Gasteiger partial charge in [-0.05, 0) is 84.9 Å². The molecule has 1 heterocycles. The molecule has 0 saturated carbocycles. The Morgan fingerprint density at radius 3 is 1.30 bits per heavy atom. The van der Waals surface area contributed by atoms with Gasteiger partial charge in [-0.1, -0.05) is 0 Å². The Balaban J connectivity index is 0.00000408. The first-order valence-electron chi connectivity index (χ1n) is 17.6. The monoisotopic (exact) mass is 986 g/mol. The maximum atomic E-state index is 15.1. The number of rotatable bonds is 12. The smallest absolute Gasteiger partial charge is 0.744 e. The van der Waals surface area contributed by atoms with Gasteiger partial charge in [-0.2, -0.15) is 8.78 Å². The van der Waals surface area contributed by atoms with Gasteiger partial charge in [-0.25, -0.2) is 47.6 Å². The Kier molecular flexibility index (Phi) is 15.9. The Labute approximate surface area is 411 Å². The van der Waals surface area contributed by atoms with Gasteiger partial charge < -0.3 is 32.8 Å². The molecule has 25 heteroatoms. The van der Waals surface area contributed by atoms with E-state index in [1.165, 1.54) is 36.4 Å². The van der Waals surface area contributed by atoms with Gasteiger partial charge in [0, 0.05) is 22.3 Å². The molecule has 6 aromatic carbocycles. The SMILES string of the molecule is COc1ccc(C(=O)c2ccc(Oc3ccc(C4(c5ccc(Oc6c(F)c(F)c(-c7c(F)c(F)c(F)c(F)c7F)c(F)c6F)cc5)OCCO4)cc3)c(S(=O)(=O)[O-])c2)cc1S(=O)(=O)[O-].[Na+].[Na+]. The largest absolute Gasteiger partial charge is 1.00 e. The van der Waals surface area contributed by atoms with Crippen LogP contribution in [0.5, 0.6) is 28.7 Å². The van der Waals surface area contributed by atoms with E-state index in [0.717, 1.165) is 49.6 Å². The molecular weight excluding hydrogens is 966 g/mol. The molecule has 0 amide bonds. The fourth-order valence-electron chi connectivity index (χ4n) is 6.50. The van der Waals surface area contributed by atoms with Crippen molar-refractivity contribution in [2.75, 3.05) is 20.3 Å². The van der Waals surface area contributed by atoms with E-state index >= 15 is 17.6 Å². The average Bonchev–Trinajstić information content (AvgIpc) is 3.78. The molecule has 66 heavy (non-hydrogen) atoms. The molecule has 334 valence electrons. The Morgan fingerprint density at radius 2 is 0.894 bits per heavy atom. The third-order valence-electron chi connectivity index (χ3n) is 9.46. The molecule has 1 fully saturated rings. The fourth-order valence-corrected chi connectivity index (χ4v) is 7.79. The van der Waals surface area contributed by atoms with Crippen molar-refractivity contribution in [2.45, 2.75) is 15.6 Å². The van der Waals surface area contributed by atoms with Gasteiger partial charge in [0.1, 0.15) is 43.2 Å². The summed E-state index contributed by atoms with van der Waals surface area (Å²) in [5, 5.41) is 0. The van der Waals surface area contributed by atoms with Crippen LogP contribution in [0.4, 0.5) is 39.5 Å². The van der Waals surface area contributed by atoms with Crippen LogP contribution in [0.2, 0.25) is 0 Å². The minimum Gasteiger partial charge on any atom is -0.744 e. The van der Waals surface area contributed by atoms with E-state index in [2.05, 4.69) is 0 Å². The summed E-state index contributed by atoms with van der Waals surface area (Å²) in [6.07, 6.45) is 0. The molecule has 12 nitrogen and oxygen atoms in total. The molecule has 0 bridgehead atoms. The second-order valence-electron chi connectivity index (χ2n) is 13.2. The van der Waals surface area contributed by atoms with E-state index in [1.54, 1.807) is 0 Å². The number of carbonyl (C=O) groups is 1. The zero-order chi connectivity index (χ0) is 46.6. The third kappa shape index (κ3) is 9.75. The molecule has 0 aromatic heterocycles. The van der Waals surface area contributed by atoms with Crippen LogP contribution in [0.25, 0.3) is 11.1 Å². The zero-order valence-corrected chi connectivity index (χ0v) is 39.2. The predicted molar refractivity (Wildman–Crippen MR) is 196 cm³/mol. The van der Waals surface area contributed by atoms with Crippen LogP contribution in [-0.2, 0) is 35.5 Å². The minimum atomic E-state index is -5.34. The van der Waals surface area contributed by atoms with Crippen molar-refractivity contribution in [2.24, 2.45) is 0 Å². The molecule has 0 atom stereocenters. The molecule has 1 saturated heterocycles. The van der Waals surface area contributed by atoms with E-state index in [4.69, 9.17) is 23.7 Å². The molecule has 7 rings (SSSR count). The summed E-state index contributed by atoms with van der Waals surface area (Å²) >= 11 is 0. The number of carbonyl (C=O) groups excluding carboxylic acids is 1. The van der Waals surface area contributed by atoms with Gasteiger partial charge in [-0.3, -0.25) is 4.79 Å². The van der Waals surface area contributed by atoms with Gasteiger partial charge in [-0.15, -0.1) is 0 Å². The molecule has 0 radical (unpaired) electrons. The average molecular weight is 987 g/mol. The molecule has 1 aliphatic rings. The number of methoxy groups -OCH3 is 1. The molecular formula is C41H21F9Na2O12S2. The van der Waals surface area contributed by atoms with Gasteiger partial charge in [0.15, 0.2) is 40.7 Å². The van der Waals surface area contributed by atoms with Crippen molar-refractivity contribution in [3.8, 4) is 39.9 Å². The number of hydrogen-bond donors (Lipinski definition) is 0. The second-order valence-corrected chi connectivity index (χ2v) is 15.9. The molecule has 1 aliphatic heterocycles. The summed E-state index contributed by atoms with van der Waals surface area (Å²) in [7, 11) is -9.37. The van der Waals surface area contributed by atoms with Gasteiger partial charge in [0.25, 0.3) is 0 Å². The third-order valence-corrected chi connectivity index (χ3v) is 11.2. The molecule has 0 aliphatic carbocycles. The number of ketones is 1. The van der Waals surface area contributed by atoms with Crippen LogP contribution in [0, 0.1) is 52.4 Å².